The molecule has 9 nitrogen and oxygen atoms in total. The lowest BCUT2D eigenvalue weighted by Crippen LogP contribution is -2.49. The molecule has 174 valence electrons. The number of nitrogens with zero attached hydrogens (tertiary/aromatic N) is 5. The first kappa shape index (κ1) is 23.2. The van der Waals surface area contributed by atoms with Crippen LogP contribution in [-0.2, 0) is 10.0 Å². The number of allylic oxidation sites excluding steroid dienone is 2. The van der Waals surface area contributed by atoms with Crippen molar-refractivity contribution in [3.05, 3.63) is 59.4 Å². The van der Waals surface area contributed by atoms with Crippen LogP contribution in [-0.4, -0.2) is 72.2 Å². The number of aromatic nitrogens is 2. The van der Waals surface area contributed by atoms with Gasteiger partial charge in [0, 0.05) is 70.2 Å². The van der Waals surface area contributed by atoms with E-state index in [2.05, 4.69) is 21.3 Å². The molecule has 4 rings (SSSR count). The Bertz CT molecular complexity index is 1220. The third-order valence-electron chi connectivity index (χ3n) is 6.27. The van der Waals surface area contributed by atoms with Gasteiger partial charge in [0.2, 0.25) is 10.0 Å². The molecule has 1 aliphatic carbocycles. The van der Waals surface area contributed by atoms with E-state index in [1.165, 1.54) is 4.31 Å². The first-order valence-electron chi connectivity index (χ1n) is 11.1. The van der Waals surface area contributed by atoms with E-state index >= 15 is 0 Å². The van der Waals surface area contributed by atoms with E-state index in [1.807, 2.05) is 13.0 Å². The topological polar surface area (TPSA) is 111 Å². The Hall–Kier alpha value is -3.00. The summed E-state index contributed by atoms with van der Waals surface area (Å²) in [5.41, 5.74) is 1.32. The summed E-state index contributed by atoms with van der Waals surface area (Å²) in [6.07, 6.45) is 11.0. The van der Waals surface area contributed by atoms with Crippen molar-refractivity contribution < 1.29 is 13.2 Å². The molecule has 0 radical (unpaired) electrons. The highest BCUT2D eigenvalue weighted by molar-refractivity contribution is 7.93. The average molecular weight is 469 g/mol. The minimum absolute atomic E-state index is 0.00713. The van der Waals surface area contributed by atoms with Gasteiger partial charge in [0.25, 0.3) is 5.91 Å². The highest BCUT2D eigenvalue weighted by atomic mass is 32.2. The van der Waals surface area contributed by atoms with E-state index < -0.39 is 10.0 Å². The van der Waals surface area contributed by atoms with Crippen molar-refractivity contribution in [2.75, 3.05) is 39.3 Å². The van der Waals surface area contributed by atoms with Gasteiger partial charge in [-0.2, -0.15) is 9.57 Å². The second kappa shape index (κ2) is 9.87. The molecule has 1 aliphatic heterocycles. The Kier molecular flexibility index (Phi) is 6.93. The van der Waals surface area contributed by atoms with Gasteiger partial charge in [-0.15, -0.1) is 0 Å². The lowest BCUT2D eigenvalue weighted by Gasteiger charge is -2.34. The molecule has 2 unspecified atom stereocenters. The minimum Gasteiger partial charge on any atom is -0.351 e. The van der Waals surface area contributed by atoms with Gasteiger partial charge in [0.15, 0.2) is 0 Å². The van der Waals surface area contributed by atoms with Gasteiger partial charge in [0.1, 0.15) is 5.65 Å². The zero-order chi connectivity index (χ0) is 23.4. The van der Waals surface area contributed by atoms with Crippen LogP contribution < -0.4 is 5.32 Å². The van der Waals surface area contributed by atoms with Crippen LogP contribution in [0.1, 0.15) is 23.7 Å². The van der Waals surface area contributed by atoms with Crippen molar-refractivity contribution in [3.8, 4) is 6.07 Å². The van der Waals surface area contributed by atoms with Gasteiger partial charge < -0.3 is 9.72 Å². The number of sulfonamides is 1. The molecule has 1 fully saturated rings. The number of piperazine rings is 1. The van der Waals surface area contributed by atoms with Crippen LogP contribution in [0.4, 0.5) is 0 Å². The molecule has 2 aromatic rings. The summed E-state index contributed by atoms with van der Waals surface area (Å²) in [6.45, 7) is 5.17. The lowest BCUT2D eigenvalue weighted by molar-refractivity contribution is 0.0947. The third-order valence-corrected chi connectivity index (χ3v) is 8.18. The lowest BCUT2D eigenvalue weighted by atomic mass is 9.90. The van der Waals surface area contributed by atoms with Crippen LogP contribution in [0.2, 0.25) is 0 Å². The maximum absolute atomic E-state index is 13.1. The molecule has 1 saturated heterocycles. The van der Waals surface area contributed by atoms with E-state index in [0.29, 0.717) is 56.2 Å². The van der Waals surface area contributed by atoms with Crippen molar-refractivity contribution >= 4 is 21.6 Å². The number of hydrogen-bond donors (Lipinski definition) is 1. The predicted octanol–water partition coefficient (Wildman–Crippen LogP) is 1.63. The van der Waals surface area contributed by atoms with Crippen LogP contribution in [0.25, 0.3) is 5.65 Å². The Morgan fingerprint density at radius 1 is 1.27 bits per heavy atom. The van der Waals surface area contributed by atoms with E-state index in [4.69, 9.17) is 5.26 Å². The van der Waals surface area contributed by atoms with Gasteiger partial charge in [-0.25, -0.2) is 13.4 Å². The predicted molar refractivity (Wildman–Crippen MR) is 125 cm³/mol. The molecule has 0 spiro atoms. The molecule has 1 amide bonds. The minimum atomic E-state index is -3.55. The van der Waals surface area contributed by atoms with Gasteiger partial charge in [-0.1, -0.05) is 19.1 Å². The summed E-state index contributed by atoms with van der Waals surface area (Å²) in [5, 5.41) is 11.7. The first-order valence-corrected chi connectivity index (χ1v) is 12.5. The fourth-order valence-corrected chi connectivity index (χ4v) is 5.75. The molecule has 0 saturated carbocycles. The standard InChI is InChI=1S/C23H28N6O3S/c1-18-15-21(33(31,32)29-13-11-27(12-14-29)9-2-7-24)5-3-19(18)16-26-23(30)20-4-6-22-25-8-10-28(22)17-20/h3-6,8,10,15,17-19H,2,9,11-14,16H2,1H3,(H,26,30). The molecule has 10 heteroatoms. The Labute approximate surface area is 194 Å². The zero-order valence-electron chi connectivity index (χ0n) is 18.6. The zero-order valence-corrected chi connectivity index (χ0v) is 19.4. The largest absolute Gasteiger partial charge is 0.351 e. The first-order chi connectivity index (χ1) is 15.9. The quantitative estimate of drug-likeness (QED) is 0.661. The van der Waals surface area contributed by atoms with Crippen LogP contribution in [0.3, 0.4) is 0 Å². The average Bonchev–Trinajstić information content (AvgIpc) is 3.30. The van der Waals surface area contributed by atoms with E-state index in [1.54, 1.807) is 47.3 Å². The molecule has 2 aliphatic rings. The Morgan fingerprint density at radius 3 is 2.79 bits per heavy atom. The highest BCUT2D eigenvalue weighted by Crippen LogP contribution is 2.27. The Balaban J connectivity index is 1.33. The van der Waals surface area contributed by atoms with Crippen molar-refractivity contribution in [1.29, 1.82) is 5.26 Å². The highest BCUT2D eigenvalue weighted by Gasteiger charge is 2.31. The van der Waals surface area contributed by atoms with Crippen molar-refractivity contribution in [2.24, 2.45) is 11.8 Å². The van der Waals surface area contributed by atoms with E-state index in [9.17, 15) is 13.2 Å². The molecule has 33 heavy (non-hydrogen) atoms. The molecule has 0 bridgehead atoms. The monoisotopic (exact) mass is 468 g/mol. The number of imidazole rings is 1. The molecule has 0 aromatic carbocycles. The second-order valence-corrected chi connectivity index (χ2v) is 10.4. The van der Waals surface area contributed by atoms with Gasteiger partial charge in [-0.05, 0) is 24.1 Å². The summed E-state index contributed by atoms with van der Waals surface area (Å²) in [6, 6.07) is 5.66. The fourth-order valence-electron chi connectivity index (χ4n) is 4.18. The molecular weight excluding hydrogens is 440 g/mol. The molecule has 2 aromatic heterocycles. The van der Waals surface area contributed by atoms with Gasteiger partial charge in [-0.3, -0.25) is 9.69 Å². The third kappa shape index (κ3) is 5.16. The van der Waals surface area contributed by atoms with Crippen LogP contribution in [0, 0.1) is 23.2 Å². The van der Waals surface area contributed by atoms with Crippen LogP contribution in [0.5, 0.6) is 0 Å². The Morgan fingerprint density at radius 2 is 2.06 bits per heavy atom. The maximum atomic E-state index is 13.1. The number of fused-ring (bicyclic) bond motifs is 1. The molecule has 3 heterocycles. The number of carbonyl (C=O) groups excluding carboxylic acids is 1. The second-order valence-electron chi connectivity index (χ2n) is 8.43. The van der Waals surface area contributed by atoms with Crippen molar-refractivity contribution in [1.82, 2.24) is 23.9 Å². The maximum Gasteiger partial charge on any atom is 0.252 e. The smallest absolute Gasteiger partial charge is 0.252 e. The number of amides is 1. The van der Waals surface area contributed by atoms with Crippen LogP contribution >= 0.6 is 0 Å². The van der Waals surface area contributed by atoms with E-state index in [0.717, 1.165) is 5.65 Å². The number of carbonyl (C=O) groups is 1. The number of nitrogens with one attached hydrogen (secondary N) is 1. The van der Waals surface area contributed by atoms with Crippen molar-refractivity contribution in [3.63, 3.8) is 0 Å². The summed E-state index contributed by atoms with van der Waals surface area (Å²) < 4.78 is 29.5. The molecular formula is C23H28N6O3S. The molecule has 2 atom stereocenters. The summed E-state index contributed by atoms with van der Waals surface area (Å²) in [4.78, 5) is 19.2. The fraction of sp³-hybridized carbons (Fsp3) is 0.435. The summed E-state index contributed by atoms with van der Waals surface area (Å²) >= 11 is 0. The number of hydrogen-bond acceptors (Lipinski definition) is 6. The number of rotatable bonds is 7. The van der Waals surface area contributed by atoms with Crippen molar-refractivity contribution in [2.45, 2.75) is 13.3 Å². The van der Waals surface area contributed by atoms with Gasteiger partial charge in [0.05, 0.1) is 16.5 Å². The number of nitriles is 1. The van der Waals surface area contributed by atoms with E-state index in [-0.39, 0.29) is 17.7 Å². The van der Waals surface area contributed by atoms with Crippen LogP contribution in [0.15, 0.2) is 53.9 Å². The SMILES string of the molecule is CC1C=C(S(=O)(=O)N2CCN(CCC#N)CC2)C=CC1CNC(=O)c1ccc2nccn2c1. The normalized spacial score (nSPS) is 22.1. The summed E-state index contributed by atoms with van der Waals surface area (Å²) in [5.74, 6) is -0.205. The molecule has 1 N–H and O–H groups in total. The summed E-state index contributed by atoms with van der Waals surface area (Å²) in [7, 11) is -3.55. The van der Waals surface area contributed by atoms with Gasteiger partial charge >= 0.3 is 0 Å². The number of pyridine rings is 1.